The van der Waals surface area contributed by atoms with Crippen molar-refractivity contribution in [3.05, 3.63) is 108 Å². The van der Waals surface area contributed by atoms with E-state index in [0.717, 1.165) is 34.1 Å². The molecule has 0 saturated carbocycles. The quantitative estimate of drug-likeness (QED) is 0.317. The summed E-state index contributed by atoms with van der Waals surface area (Å²) in [6.07, 6.45) is 4.12. The minimum Gasteiger partial charge on any atom is -0.497 e. The summed E-state index contributed by atoms with van der Waals surface area (Å²) in [5, 5.41) is 7.07. The van der Waals surface area contributed by atoms with Gasteiger partial charge in [-0.05, 0) is 85.4 Å². The SMILES string of the molecule is COc1ccc(-n2cccc2[C@@H]2[C@H](c3ccccn3)NC(=S)N2CCC(=O)Nc2cccc(C)c2)cc1. The fraction of sp³-hybridized carbons (Fsp3) is 0.207. The summed E-state index contributed by atoms with van der Waals surface area (Å²) in [5.41, 5.74) is 4.84. The Balaban J connectivity index is 1.43. The van der Waals surface area contributed by atoms with Gasteiger partial charge in [0.25, 0.3) is 0 Å². The van der Waals surface area contributed by atoms with Gasteiger partial charge in [-0.15, -0.1) is 0 Å². The number of nitrogens with one attached hydrogen (secondary N) is 2. The standard InChI is InChI=1S/C29H29N5O2S/c1-20-7-5-8-21(19-20)31-26(35)15-18-34-28(27(32-29(34)37)24-9-3-4-16-30-24)25-10-6-17-33(25)22-11-13-23(36-2)14-12-22/h3-14,16-17,19,27-28H,15,18H2,1-2H3,(H,31,35)(H,32,37)/t27-,28+/m0/s1. The minimum absolute atomic E-state index is 0.0565. The number of carbonyl (C=O) groups excluding carboxylic acids is 1. The van der Waals surface area contributed by atoms with Crippen LogP contribution in [-0.2, 0) is 4.79 Å². The maximum absolute atomic E-state index is 12.8. The van der Waals surface area contributed by atoms with Gasteiger partial charge >= 0.3 is 0 Å². The number of carbonyl (C=O) groups is 1. The summed E-state index contributed by atoms with van der Waals surface area (Å²) in [6.45, 7) is 2.47. The van der Waals surface area contributed by atoms with E-state index < -0.39 is 0 Å². The molecule has 2 aromatic heterocycles. The van der Waals surface area contributed by atoms with E-state index in [-0.39, 0.29) is 18.0 Å². The van der Waals surface area contributed by atoms with Crippen molar-refractivity contribution in [2.75, 3.05) is 19.0 Å². The lowest BCUT2D eigenvalue weighted by Gasteiger charge is -2.29. The first kappa shape index (κ1) is 24.5. The molecule has 0 bridgehead atoms. The third-order valence-corrected chi connectivity index (χ3v) is 6.87. The Kier molecular flexibility index (Phi) is 7.18. The van der Waals surface area contributed by atoms with Crippen LogP contribution in [0.25, 0.3) is 5.69 Å². The Morgan fingerprint density at radius 2 is 1.92 bits per heavy atom. The third-order valence-electron chi connectivity index (χ3n) is 6.51. The average molecular weight is 512 g/mol. The number of anilines is 1. The van der Waals surface area contributed by atoms with Gasteiger partial charge in [0.2, 0.25) is 5.91 Å². The van der Waals surface area contributed by atoms with Crippen LogP contribution in [0.5, 0.6) is 5.75 Å². The van der Waals surface area contributed by atoms with E-state index in [1.54, 1.807) is 13.3 Å². The summed E-state index contributed by atoms with van der Waals surface area (Å²) in [6, 6.07) is 25.4. The van der Waals surface area contributed by atoms with Crippen molar-refractivity contribution in [3.8, 4) is 11.4 Å². The number of hydrogen-bond donors (Lipinski definition) is 2. The monoisotopic (exact) mass is 511 g/mol. The van der Waals surface area contributed by atoms with Gasteiger partial charge in [0, 0.05) is 42.4 Å². The number of nitrogens with zero attached hydrogens (tertiary/aromatic N) is 3. The first-order chi connectivity index (χ1) is 18.0. The molecule has 2 aromatic carbocycles. The number of aryl methyl sites for hydroxylation is 1. The Hall–Kier alpha value is -4.17. The Bertz CT molecular complexity index is 1390. The number of benzene rings is 2. The van der Waals surface area contributed by atoms with E-state index in [1.807, 2.05) is 85.9 Å². The van der Waals surface area contributed by atoms with E-state index in [2.05, 4.69) is 31.2 Å². The zero-order chi connectivity index (χ0) is 25.8. The molecular formula is C29H29N5O2S. The molecule has 37 heavy (non-hydrogen) atoms. The molecule has 0 radical (unpaired) electrons. The van der Waals surface area contributed by atoms with E-state index >= 15 is 0 Å². The summed E-state index contributed by atoms with van der Waals surface area (Å²) < 4.78 is 7.48. The molecule has 0 aliphatic carbocycles. The van der Waals surface area contributed by atoms with Crippen LogP contribution in [0, 0.1) is 6.92 Å². The number of hydrogen-bond acceptors (Lipinski definition) is 4. The zero-order valence-corrected chi connectivity index (χ0v) is 21.6. The van der Waals surface area contributed by atoms with Gasteiger partial charge in [-0.25, -0.2) is 0 Å². The zero-order valence-electron chi connectivity index (χ0n) is 20.8. The van der Waals surface area contributed by atoms with Crippen LogP contribution in [0.2, 0.25) is 0 Å². The maximum atomic E-state index is 12.8. The van der Waals surface area contributed by atoms with E-state index in [9.17, 15) is 4.79 Å². The Morgan fingerprint density at radius 3 is 2.65 bits per heavy atom. The lowest BCUT2D eigenvalue weighted by Crippen LogP contribution is -2.33. The molecule has 8 heteroatoms. The van der Waals surface area contributed by atoms with Crippen LogP contribution in [0.1, 0.15) is 35.5 Å². The normalized spacial score (nSPS) is 16.9. The second kappa shape index (κ2) is 10.8. The number of methoxy groups -OCH3 is 1. The second-order valence-corrected chi connectivity index (χ2v) is 9.38. The number of rotatable bonds is 8. The van der Waals surface area contributed by atoms with Crippen molar-refractivity contribution < 1.29 is 9.53 Å². The average Bonchev–Trinajstić information content (AvgIpc) is 3.52. The Morgan fingerprint density at radius 1 is 1.08 bits per heavy atom. The van der Waals surface area contributed by atoms with Crippen molar-refractivity contribution >= 4 is 28.9 Å². The van der Waals surface area contributed by atoms with Crippen LogP contribution < -0.4 is 15.4 Å². The Labute approximate surface area is 222 Å². The van der Waals surface area contributed by atoms with Gasteiger partial charge in [0.05, 0.1) is 24.9 Å². The largest absolute Gasteiger partial charge is 0.497 e. The molecular weight excluding hydrogens is 482 g/mol. The first-order valence-corrected chi connectivity index (χ1v) is 12.6. The van der Waals surface area contributed by atoms with Crippen molar-refractivity contribution in [2.24, 2.45) is 0 Å². The fourth-order valence-electron chi connectivity index (χ4n) is 4.75. The van der Waals surface area contributed by atoms with Gasteiger partial charge in [0.1, 0.15) is 5.75 Å². The molecule has 1 fully saturated rings. The molecule has 1 saturated heterocycles. The van der Waals surface area contributed by atoms with Crippen LogP contribution >= 0.6 is 12.2 Å². The van der Waals surface area contributed by atoms with Crippen molar-refractivity contribution in [1.29, 1.82) is 0 Å². The molecule has 1 aliphatic rings. The van der Waals surface area contributed by atoms with Crippen molar-refractivity contribution in [1.82, 2.24) is 19.8 Å². The van der Waals surface area contributed by atoms with E-state index in [4.69, 9.17) is 17.0 Å². The summed E-state index contributed by atoms with van der Waals surface area (Å²) in [5.74, 6) is 0.743. The van der Waals surface area contributed by atoms with Gasteiger partial charge in [-0.1, -0.05) is 18.2 Å². The first-order valence-electron chi connectivity index (χ1n) is 12.2. The molecule has 5 rings (SSSR count). The van der Waals surface area contributed by atoms with Gasteiger partial charge in [-0.2, -0.15) is 0 Å². The van der Waals surface area contributed by atoms with Crippen LogP contribution in [0.15, 0.2) is 91.3 Å². The van der Waals surface area contributed by atoms with E-state index in [0.29, 0.717) is 18.1 Å². The van der Waals surface area contributed by atoms with Gasteiger partial charge in [-0.3, -0.25) is 9.78 Å². The lowest BCUT2D eigenvalue weighted by atomic mass is 10.0. The highest BCUT2D eigenvalue weighted by molar-refractivity contribution is 7.80. The predicted molar refractivity (Wildman–Crippen MR) is 149 cm³/mol. The fourth-order valence-corrected chi connectivity index (χ4v) is 5.08. The smallest absolute Gasteiger partial charge is 0.226 e. The van der Waals surface area contributed by atoms with Crippen molar-refractivity contribution in [2.45, 2.75) is 25.4 Å². The predicted octanol–water partition coefficient (Wildman–Crippen LogP) is 5.19. The molecule has 7 nitrogen and oxygen atoms in total. The molecule has 2 atom stereocenters. The second-order valence-electron chi connectivity index (χ2n) is 8.99. The summed E-state index contributed by atoms with van der Waals surface area (Å²) in [4.78, 5) is 19.6. The number of amides is 1. The number of ether oxygens (including phenoxy) is 1. The molecule has 4 aromatic rings. The molecule has 0 spiro atoms. The highest BCUT2D eigenvalue weighted by atomic mass is 32.1. The number of pyridine rings is 1. The van der Waals surface area contributed by atoms with Crippen LogP contribution in [-0.4, -0.2) is 39.1 Å². The molecule has 2 N–H and O–H groups in total. The summed E-state index contributed by atoms with van der Waals surface area (Å²) in [7, 11) is 1.66. The van der Waals surface area contributed by atoms with Gasteiger partial charge in [0.15, 0.2) is 5.11 Å². The molecule has 3 heterocycles. The molecule has 188 valence electrons. The topological polar surface area (TPSA) is 71.4 Å². The molecule has 1 aliphatic heterocycles. The van der Waals surface area contributed by atoms with Crippen molar-refractivity contribution in [3.63, 3.8) is 0 Å². The number of aromatic nitrogens is 2. The van der Waals surface area contributed by atoms with Gasteiger partial charge < -0.3 is 24.8 Å². The number of thiocarbonyl (C=S) groups is 1. The maximum Gasteiger partial charge on any atom is 0.226 e. The highest BCUT2D eigenvalue weighted by Gasteiger charge is 2.41. The van der Waals surface area contributed by atoms with E-state index in [1.165, 1.54) is 0 Å². The molecule has 1 amide bonds. The third kappa shape index (κ3) is 5.34. The molecule has 0 unspecified atom stereocenters. The lowest BCUT2D eigenvalue weighted by molar-refractivity contribution is -0.116. The highest BCUT2D eigenvalue weighted by Crippen LogP contribution is 2.39. The minimum atomic E-state index is -0.166. The van der Waals surface area contributed by atoms with Crippen LogP contribution in [0.3, 0.4) is 0 Å². The summed E-state index contributed by atoms with van der Waals surface area (Å²) >= 11 is 5.79. The van der Waals surface area contributed by atoms with Crippen LogP contribution in [0.4, 0.5) is 5.69 Å².